The predicted molar refractivity (Wildman–Crippen MR) is 157 cm³/mol. The van der Waals surface area contributed by atoms with Gasteiger partial charge in [0.15, 0.2) is 11.6 Å². The Morgan fingerprint density at radius 2 is 1.61 bits per heavy atom. The molecule has 0 fully saturated rings. The van der Waals surface area contributed by atoms with Gasteiger partial charge in [-0.05, 0) is 36.2 Å². The van der Waals surface area contributed by atoms with Crippen molar-refractivity contribution in [1.82, 2.24) is 10.2 Å². The zero-order chi connectivity index (χ0) is 30.2. The van der Waals surface area contributed by atoms with Crippen LogP contribution in [0.5, 0.6) is 0 Å². The number of hydrogen-bond acceptors (Lipinski definition) is 4. The van der Waals surface area contributed by atoms with Crippen LogP contribution >= 0.6 is 23.2 Å². The Morgan fingerprint density at radius 3 is 2.20 bits per heavy atom. The zero-order valence-corrected chi connectivity index (χ0v) is 24.9. The topological polar surface area (TPSA) is 86.8 Å². The number of benzene rings is 3. The monoisotopic (exact) mass is 625 g/mol. The average Bonchev–Trinajstić information content (AvgIpc) is 2.92. The number of amides is 2. The van der Waals surface area contributed by atoms with Crippen LogP contribution in [0.2, 0.25) is 10.0 Å². The van der Waals surface area contributed by atoms with Crippen LogP contribution in [-0.4, -0.2) is 50.5 Å². The fraction of sp³-hybridized carbons (Fsp3) is 0.310. The summed E-state index contributed by atoms with van der Waals surface area (Å²) in [4.78, 5) is 28.8. The van der Waals surface area contributed by atoms with Gasteiger partial charge in [0.1, 0.15) is 12.6 Å². The van der Waals surface area contributed by atoms with Gasteiger partial charge in [0, 0.05) is 41.2 Å². The van der Waals surface area contributed by atoms with E-state index in [4.69, 9.17) is 23.2 Å². The molecule has 0 aliphatic rings. The SMILES string of the molecule is CCCCNC(=O)[C@@H](Cc1ccccc1)N(Cc1c(Cl)cccc1Cl)C(=O)CN(c1ccc(F)c(F)c1)S(C)(=O)=O. The predicted octanol–water partition coefficient (Wildman–Crippen LogP) is 5.59. The van der Waals surface area contributed by atoms with Crippen molar-refractivity contribution in [2.75, 3.05) is 23.7 Å². The third-order valence-corrected chi connectivity index (χ3v) is 8.21. The van der Waals surface area contributed by atoms with Gasteiger partial charge >= 0.3 is 0 Å². The van der Waals surface area contributed by atoms with Gasteiger partial charge in [-0.25, -0.2) is 17.2 Å². The maximum Gasteiger partial charge on any atom is 0.244 e. The van der Waals surface area contributed by atoms with Crippen molar-refractivity contribution in [2.45, 2.75) is 38.8 Å². The van der Waals surface area contributed by atoms with E-state index in [1.165, 1.54) is 4.90 Å². The number of hydrogen-bond donors (Lipinski definition) is 1. The maximum absolute atomic E-state index is 14.0. The van der Waals surface area contributed by atoms with Crippen LogP contribution in [0.25, 0.3) is 0 Å². The summed E-state index contributed by atoms with van der Waals surface area (Å²) in [5.74, 6) is -3.67. The maximum atomic E-state index is 14.0. The molecule has 1 N–H and O–H groups in total. The molecule has 3 aromatic rings. The molecule has 0 radical (unpaired) electrons. The van der Waals surface area contributed by atoms with Crippen LogP contribution < -0.4 is 9.62 Å². The molecule has 0 saturated carbocycles. The quantitative estimate of drug-likeness (QED) is 0.251. The number of sulfonamides is 1. The summed E-state index contributed by atoms with van der Waals surface area (Å²) >= 11 is 12.9. The van der Waals surface area contributed by atoms with Crippen molar-refractivity contribution < 1.29 is 26.8 Å². The van der Waals surface area contributed by atoms with Gasteiger partial charge in [-0.15, -0.1) is 0 Å². The molecule has 12 heteroatoms. The number of rotatable bonds is 13. The summed E-state index contributed by atoms with van der Waals surface area (Å²) < 4.78 is 53.8. The highest BCUT2D eigenvalue weighted by molar-refractivity contribution is 7.92. The van der Waals surface area contributed by atoms with E-state index in [1.54, 1.807) is 30.3 Å². The Kier molecular flexibility index (Phi) is 11.5. The summed E-state index contributed by atoms with van der Waals surface area (Å²) in [6.45, 7) is 1.34. The zero-order valence-electron chi connectivity index (χ0n) is 22.6. The second-order valence-corrected chi connectivity index (χ2v) is 12.2. The van der Waals surface area contributed by atoms with Crippen LogP contribution in [0.1, 0.15) is 30.9 Å². The third kappa shape index (κ3) is 8.89. The summed E-state index contributed by atoms with van der Waals surface area (Å²) in [5, 5.41) is 3.36. The van der Waals surface area contributed by atoms with E-state index >= 15 is 0 Å². The Bertz CT molecular complexity index is 1460. The van der Waals surface area contributed by atoms with E-state index in [9.17, 15) is 26.8 Å². The van der Waals surface area contributed by atoms with Gasteiger partial charge < -0.3 is 10.2 Å². The number of nitrogens with zero attached hydrogens (tertiary/aromatic N) is 2. The summed E-state index contributed by atoms with van der Waals surface area (Å²) in [7, 11) is -4.14. The number of carbonyl (C=O) groups is 2. The van der Waals surface area contributed by atoms with E-state index in [1.807, 2.05) is 25.1 Å². The number of unbranched alkanes of at least 4 members (excludes halogenated alkanes) is 1. The molecule has 7 nitrogen and oxygen atoms in total. The van der Waals surface area contributed by atoms with E-state index in [0.29, 0.717) is 28.9 Å². The van der Waals surface area contributed by atoms with E-state index < -0.39 is 46.1 Å². The van der Waals surface area contributed by atoms with Gasteiger partial charge in [-0.2, -0.15) is 0 Å². The van der Waals surface area contributed by atoms with Gasteiger partial charge in [0.05, 0.1) is 11.9 Å². The van der Waals surface area contributed by atoms with E-state index in [2.05, 4.69) is 5.32 Å². The molecule has 0 bridgehead atoms. The highest BCUT2D eigenvalue weighted by Gasteiger charge is 2.34. The third-order valence-electron chi connectivity index (χ3n) is 6.36. The highest BCUT2D eigenvalue weighted by Crippen LogP contribution is 2.28. The van der Waals surface area contributed by atoms with Crippen LogP contribution in [0.3, 0.4) is 0 Å². The van der Waals surface area contributed by atoms with Crippen molar-refractivity contribution in [1.29, 1.82) is 0 Å². The fourth-order valence-corrected chi connectivity index (χ4v) is 5.53. The number of halogens is 4. The van der Waals surface area contributed by atoms with Crippen LogP contribution in [0, 0.1) is 11.6 Å². The number of nitrogens with one attached hydrogen (secondary N) is 1. The first-order valence-electron chi connectivity index (χ1n) is 12.9. The standard InChI is InChI=1S/C29H31Cl2F2N3O4S/c1-3-4-15-34-29(38)27(16-20-9-6-5-7-10-20)35(18-22-23(30)11-8-12-24(22)31)28(37)19-36(41(2,39)40)21-13-14-25(32)26(33)17-21/h5-14,17,27H,3-4,15-16,18-19H2,1-2H3,(H,34,38)/t27-/m1/s1. The molecule has 0 aliphatic heterocycles. The molecule has 220 valence electrons. The minimum atomic E-state index is -4.14. The van der Waals surface area contributed by atoms with Crippen molar-refractivity contribution in [3.63, 3.8) is 0 Å². The number of anilines is 1. The molecule has 0 aliphatic carbocycles. The molecule has 2 amide bonds. The fourth-order valence-electron chi connectivity index (χ4n) is 4.17. The van der Waals surface area contributed by atoms with Crippen LogP contribution in [-0.2, 0) is 32.6 Å². The Morgan fingerprint density at radius 1 is 0.951 bits per heavy atom. The number of carbonyl (C=O) groups excluding carboxylic acids is 2. The molecule has 41 heavy (non-hydrogen) atoms. The Hall–Kier alpha value is -3.21. The molecule has 0 saturated heterocycles. The molecule has 3 aromatic carbocycles. The molecular weight excluding hydrogens is 595 g/mol. The average molecular weight is 627 g/mol. The Balaban J connectivity index is 2.09. The minimum Gasteiger partial charge on any atom is -0.354 e. The van der Waals surface area contributed by atoms with Crippen LogP contribution in [0.4, 0.5) is 14.5 Å². The first-order valence-corrected chi connectivity index (χ1v) is 15.5. The molecule has 3 rings (SSSR count). The molecule has 0 spiro atoms. The van der Waals surface area contributed by atoms with Crippen molar-refractivity contribution in [3.05, 3.63) is 99.5 Å². The Labute approximate surface area is 249 Å². The van der Waals surface area contributed by atoms with E-state index in [-0.39, 0.29) is 28.7 Å². The van der Waals surface area contributed by atoms with Crippen molar-refractivity contribution >= 4 is 50.7 Å². The molecule has 1 atom stereocenters. The normalized spacial score (nSPS) is 12.0. The molecule has 0 heterocycles. The summed E-state index contributed by atoms with van der Waals surface area (Å²) in [6.07, 6.45) is 2.50. The van der Waals surface area contributed by atoms with Crippen molar-refractivity contribution in [3.8, 4) is 0 Å². The second kappa shape index (κ2) is 14.6. The largest absolute Gasteiger partial charge is 0.354 e. The first-order chi connectivity index (χ1) is 19.4. The molecule has 0 aromatic heterocycles. The van der Waals surface area contributed by atoms with Crippen molar-refractivity contribution in [2.24, 2.45) is 0 Å². The van der Waals surface area contributed by atoms with Crippen LogP contribution in [0.15, 0.2) is 66.7 Å². The minimum absolute atomic E-state index is 0.108. The smallest absolute Gasteiger partial charge is 0.244 e. The lowest BCUT2D eigenvalue weighted by Gasteiger charge is -2.34. The lowest BCUT2D eigenvalue weighted by molar-refractivity contribution is -0.140. The lowest BCUT2D eigenvalue weighted by atomic mass is 10.0. The van der Waals surface area contributed by atoms with Gasteiger partial charge in [0.2, 0.25) is 21.8 Å². The lowest BCUT2D eigenvalue weighted by Crippen LogP contribution is -2.53. The summed E-state index contributed by atoms with van der Waals surface area (Å²) in [6, 6.07) is 15.3. The molecule has 0 unspecified atom stereocenters. The van der Waals surface area contributed by atoms with Gasteiger partial charge in [-0.3, -0.25) is 13.9 Å². The van der Waals surface area contributed by atoms with Gasteiger partial charge in [-0.1, -0.05) is 72.9 Å². The molecular formula is C29H31Cl2F2N3O4S. The summed E-state index contributed by atoms with van der Waals surface area (Å²) in [5.41, 5.74) is 0.872. The second-order valence-electron chi connectivity index (χ2n) is 9.44. The highest BCUT2D eigenvalue weighted by atomic mass is 35.5. The first kappa shape index (κ1) is 32.3. The van der Waals surface area contributed by atoms with E-state index in [0.717, 1.165) is 30.4 Å². The van der Waals surface area contributed by atoms with Gasteiger partial charge in [0.25, 0.3) is 0 Å².